The number of carbonyl (C=O) groups is 1. The van der Waals surface area contributed by atoms with Gasteiger partial charge in [0.2, 0.25) is 5.95 Å². The first-order chi connectivity index (χ1) is 11.1. The Morgan fingerprint density at radius 3 is 2.65 bits per heavy atom. The lowest BCUT2D eigenvalue weighted by Gasteiger charge is -2.01. The van der Waals surface area contributed by atoms with Gasteiger partial charge in [-0.15, -0.1) is 0 Å². The summed E-state index contributed by atoms with van der Waals surface area (Å²) < 4.78 is 0. The molecular formula is C16H12N4O3. The lowest BCUT2D eigenvalue weighted by Crippen LogP contribution is -2.12. The minimum absolute atomic E-state index is 0.00743. The summed E-state index contributed by atoms with van der Waals surface area (Å²) in [7, 11) is 0. The third-order valence-corrected chi connectivity index (χ3v) is 3.21. The van der Waals surface area contributed by atoms with E-state index in [9.17, 15) is 14.9 Å². The molecule has 1 heterocycles. The van der Waals surface area contributed by atoms with E-state index < -0.39 is 4.92 Å². The molecule has 1 aromatic heterocycles. The molecule has 0 fully saturated rings. The van der Waals surface area contributed by atoms with Crippen LogP contribution in [0.2, 0.25) is 0 Å². The number of aromatic amines is 1. The van der Waals surface area contributed by atoms with Crippen LogP contribution in [0.25, 0.3) is 11.3 Å². The third kappa shape index (κ3) is 3.24. The summed E-state index contributed by atoms with van der Waals surface area (Å²) in [4.78, 5) is 29.4. The van der Waals surface area contributed by atoms with Crippen molar-refractivity contribution in [3.8, 4) is 11.3 Å². The van der Waals surface area contributed by atoms with Gasteiger partial charge in [0.05, 0.1) is 16.8 Å². The zero-order chi connectivity index (χ0) is 16.2. The fourth-order valence-corrected chi connectivity index (χ4v) is 2.09. The average Bonchev–Trinajstić information content (AvgIpc) is 3.04. The first-order valence-electron chi connectivity index (χ1n) is 6.80. The standard InChI is InChI=1S/C16H12N4O3/c21-15(11-5-2-1-3-6-11)19-16-17-10-14(18-16)12-7-4-8-13(9-12)20(22)23/h1-10H,(H2,17,18,19,21). The molecule has 0 unspecified atom stereocenters. The Bertz CT molecular complexity index is 859. The Labute approximate surface area is 131 Å². The number of amides is 1. The molecule has 1 amide bonds. The van der Waals surface area contributed by atoms with Crippen LogP contribution in [0, 0.1) is 10.1 Å². The second-order valence-corrected chi connectivity index (χ2v) is 4.77. The predicted molar refractivity (Wildman–Crippen MR) is 85.1 cm³/mol. The molecule has 0 radical (unpaired) electrons. The number of H-pyrrole nitrogens is 1. The SMILES string of the molecule is O=C(Nc1ncc(-c2cccc([N+](=O)[O-])c2)[nH]1)c1ccccc1. The minimum atomic E-state index is -0.460. The molecule has 0 spiro atoms. The number of carbonyl (C=O) groups excluding carboxylic acids is 1. The van der Waals surface area contributed by atoms with Crippen LogP contribution in [0.1, 0.15) is 10.4 Å². The molecule has 0 bridgehead atoms. The van der Waals surface area contributed by atoms with Crippen LogP contribution in [0.3, 0.4) is 0 Å². The Morgan fingerprint density at radius 1 is 1.13 bits per heavy atom. The molecule has 0 saturated heterocycles. The van der Waals surface area contributed by atoms with Gasteiger partial charge < -0.3 is 4.98 Å². The topological polar surface area (TPSA) is 101 Å². The Balaban J connectivity index is 1.80. The van der Waals surface area contributed by atoms with Gasteiger partial charge in [0, 0.05) is 23.3 Å². The molecule has 7 nitrogen and oxygen atoms in total. The molecule has 3 rings (SSSR count). The van der Waals surface area contributed by atoms with Crippen molar-refractivity contribution in [3.63, 3.8) is 0 Å². The van der Waals surface area contributed by atoms with Gasteiger partial charge in [-0.25, -0.2) is 4.98 Å². The number of imidazole rings is 1. The number of hydrogen-bond donors (Lipinski definition) is 2. The van der Waals surface area contributed by atoms with Crippen molar-refractivity contribution in [1.29, 1.82) is 0 Å². The lowest BCUT2D eigenvalue weighted by molar-refractivity contribution is -0.384. The number of anilines is 1. The monoisotopic (exact) mass is 308 g/mol. The molecule has 2 aromatic carbocycles. The number of rotatable bonds is 4. The fourth-order valence-electron chi connectivity index (χ4n) is 2.09. The Hall–Kier alpha value is -3.48. The Kier molecular flexibility index (Phi) is 3.84. The summed E-state index contributed by atoms with van der Waals surface area (Å²) in [6, 6.07) is 14.9. The molecule has 0 saturated carbocycles. The highest BCUT2D eigenvalue weighted by molar-refractivity contribution is 6.03. The number of nitrogens with zero attached hydrogens (tertiary/aromatic N) is 2. The summed E-state index contributed by atoms with van der Waals surface area (Å²) in [5, 5.41) is 13.5. The van der Waals surface area contributed by atoms with E-state index >= 15 is 0 Å². The van der Waals surface area contributed by atoms with E-state index in [-0.39, 0.29) is 17.5 Å². The first kappa shape index (κ1) is 14.5. The van der Waals surface area contributed by atoms with E-state index in [1.807, 2.05) is 6.07 Å². The van der Waals surface area contributed by atoms with Gasteiger partial charge in [0.15, 0.2) is 0 Å². The number of hydrogen-bond acceptors (Lipinski definition) is 4. The van der Waals surface area contributed by atoms with Crippen molar-refractivity contribution in [1.82, 2.24) is 9.97 Å². The molecule has 114 valence electrons. The van der Waals surface area contributed by atoms with E-state index in [0.717, 1.165) is 0 Å². The molecular weight excluding hydrogens is 296 g/mol. The predicted octanol–water partition coefficient (Wildman–Crippen LogP) is 3.24. The molecule has 0 aliphatic heterocycles. The quantitative estimate of drug-likeness (QED) is 0.570. The van der Waals surface area contributed by atoms with E-state index in [1.54, 1.807) is 36.4 Å². The van der Waals surface area contributed by atoms with Crippen LogP contribution >= 0.6 is 0 Å². The number of non-ortho nitro benzene ring substituents is 1. The zero-order valence-corrected chi connectivity index (χ0v) is 11.9. The van der Waals surface area contributed by atoms with Crippen LogP contribution in [0.4, 0.5) is 11.6 Å². The van der Waals surface area contributed by atoms with Gasteiger partial charge in [-0.05, 0) is 12.1 Å². The van der Waals surface area contributed by atoms with E-state index in [0.29, 0.717) is 16.8 Å². The summed E-state index contributed by atoms with van der Waals surface area (Å²) in [5.41, 5.74) is 1.71. The average molecular weight is 308 g/mol. The minimum Gasteiger partial charge on any atom is -0.324 e. The summed E-state index contributed by atoms with van der Waals surface area (Å²) >= 11 is 0. The number of benzene rings is 2. The smallest absolute Gasteiger partial charge is 0.270 e. The Morgan fingerprint density at radius 2 is 1.91 bits per heavy atom. The van der Waals surface area contributed by atoms with Gasteiger partial charge in [-0.1, -0.05) is 30.3 Å². The van der Waals surface area contributed by atoms with Gasteiger partial charge in [0.1, 0.15) is 0 Å². The highest BCUT2D eigenvalue weighted by atomic mass is 16.6. The van der Waals surface area contributed by atoms with Crippen molar-refractivity contribution in [2.45, 2.75) is 0 Å². The highest BCUT2D eigenvalue weighted by Gasteiger charge is 2.11. The van der Waals surface area contributed by atoms with Crippen LogP contribution in [-0.4, -0.2) is 20.8 Å². The van der Waals surface area contributed by atoms with Gasteiger partial charge >= 0.3 is 0 Å². The lowest BCUT2D eigenvalue weighted by atomic mass is 10.1. The first-order valence-corrected chi connectivity index (χ1v) is 6.80. The van der Waals surface area contributed by atoms with Gasteiger partial charge in [-0.3, -0.25) is 20.2 Å². The molecule has 0 aliphatic rings. The molecule has 0 atom stereocenters. The summed E-state index contributed by atoms with van der Waals surface area (Å²) in [6.07, 6.45) is 1.51. The van der Waals surface area contributed by atoms with Gasteiger partial charge in [-0.2, -0.15) is 0 Å². The van der Waals surface area contributed by atoms with Crippen molar-refractivity contribution in [2.75, 3.05) is 5.32 Å². The maximum atomic E-state index is 12.0. The van der Waals surface area contributed by atoms with Gasteiger partial charge in [0.25, 0.3) is 11.6 Å². The van der Waals surface area contributed by atoms with Crippen molar-refractivity contribution in [2.24, 2.45) is 0 Å². The normalized spacial score (nSPS) is 10.3. The fraction of sp³-hybridized carbons (Fsp3) is 0. The van der Waals surface area contributed by atoms with Crippen molar-refractivity contribution in [3.05, 3.63) is 76.5 Å². The second kappa shape index (κ2) is 6.10. The van der Waals surface area contributed by atoms with Crippen LogP contribution in [0.15, 0.2) is 60.8 Å². The van der Waals surface area contributed by atoms with E-state index in [1.165, 1.54) is 18.3 Å². The number of nitrogens with one attached hydrogen (secondary N) is 2. The van der Waals surface area contributed by atoms with E-state index in [2.05, 4.69) is 15.3 Å². The third-order valence-electron chi connectivity index (χ3n) is 3.21. The van der Waals surface area contributed by atoms with Crippen LogP contribution < -0.4 is 5.32 Å². The maximum Gasteiger partial charge on any atom is 0.270 e. The van der Waals surface area contributed by atoms with Crippen LogP contribution in [0.5, 0.6) is 0 Å². The number of aromatic nitrogens is 2. The molecule has 3 aromatic rings. The highest BCUT2D eigenvalue weighted by Crippen LogP contribution is 2.23. The molecule has 0 aliphatic carbocycles. The molecule has 23 heavy (non-hydrogen) atoms. The molecule has 7 heteroatoms. The second-order valence-electron chi connectivity index (χ2n) is 4.77. The van der Waals surface area contributed by atoms with Crippen molar-refractivity contribution >= 4 is 17.5 Å². The van der Waals surface area contributed by atoms with Crippen LogP contribution in [-0.2, 0) is 0 Å². The number of nitro groups is 1. The largest absolute Gasteiger partial charge is 0.324 e. The molecule has 2 N–H and O–H groups in total. The maximum absolute atomic E-state index is 12.0. The summed E-state index contributed by atoms with van der Waals surface area (Å²) in [5.74, 6) is -0.00842. The zero-order valence-electron chi connectivity index (χ0n) is 11.9. The van der Waals surface area contributed by atoms with E-state index in [4.69, 9.17) is 0 Å². The summed E-state index contributed by atoms with van der Waals surface area (Å²) in [6.45, 7) is 0. The number of nitro benzene ring substituents is 1. The van der Waals surface area contributed by atoms with Crippen molar-refractivity contribution < 1.29 is 9.72 Å².